The van der Waals surface area contributed by atoms with Crippen molar-refractivity contribution >= 4 is 23.1 Å². The van der Waals surface area contributed by atoms with Gasteiger partial charge in [0.05, 0.1) is 18.7 Å². The summed E-state index contributed by atoms with van der Waals surface area (Å²) in [5, 5.41) is 11.0. The number of aliphatic hydroxyl groups is 1. The number of Topliss-reactive ketones (excluding diaryl/α,β-unsaturated/α-hetero) is 1. The molecule has 0 spiro atoms. The second-order valence-electron chi connectivity index (χ2n) is 7.02. The van der Waals surface area contributed by atoms with Gasteiger partial charge in [0.25, 0.3) is 11.7 Å². The molecule has 0 aliphatic carbocycles. The van der Waals surface area contributed by atoms with E-state index in [1.807, 2.05) is 19.1 Å². The Morgan fingerprint density at radius 2 is 1.73 bits per heavy atom. The highest BCUT2D eigenvalue weighted by molar-refractivity contribution is 6.51. The largest absolute Gasteiger partial charge is 0.507 e. The first-order valence-corrected chi connectivity index (χ1v) is 9.43. The monoisotopic (exact) mass is 400 g/mol. The molecule has 1 unspecified atom stereocenters. The minimum Gasteiger partial charge on any atom is -0.507 e. The lowest BCUT2D eigenvalue weighted by Crippen LogP contribution is -2.29. The number of aliphatic hydroxyl groups excluding tert-OH is 1. The van der Waals surface area contributed by atoms with Gasteiger partial charge in [-0.2, -0.15) is 0 Å². The lowest BCUT2D eigenvalue weighted by molar-refractivity contribution is -0.132. The number of rotatable bonds is 4. The van der Waals surface area contributed by atoms with Crippen LogP contribution in [0, 0.1) is 6.92 Å². The van der Waals surface area contributed by atoms with Crippen LogP contribution in [0.3, 0.4) is 0 Å². The summed E-state index contributed by atoms with van der Waals surface area (Å²) in [6, 6.07) is 16.7. The van der Waals surface area contributed by atoms with E-state index in [1.54, 1.807) is 68.0 Å². The zero-order valence-electron chi connectivity index (χ0n) is 16.6. The maximum Gasteiger partial charge on any atom is 0.300 e. The molecule has 1 aliphatic rings. The number of benzene rings is 2. The van der Waals surface area contributed by atoms with Crippen molar-refractivity contribution in [1.82, 2.24) is 4.98 Å². The van der Waals surface area contributed by atoms with Crippen molar-refractivity contribution in [3.63, 3.8) is 0 Å². The molecular formula is C24H20N2O4. The number of amides is 1. The molecule has 6 nitrogen and oxygen atoms in total. The summed E-state index contributed by atoms with van der Waals surface area (Å²) in [6.45, 7) is 1.93. The Balaban J connectivity index is 1.90. The third-order valence-corrected chi connectivity index (χ3v) is 5.12. The fraction of sp³-hybridized carbons (Fsp3) is 0.125. The molecule has 1 saturated heterocycles. The molecule has 4 rings (SSSR count). The van der Waals surface area contributed by atoms with Crippen LogP contribution in [0.4, 0.5) is 5.69 Å². The first kappa shape index (κ1) is 19.4. The highest BCUT2D eigenvalue weighted by Gasteiger charge is 2.47. The van der Waals surface area contributed by atoms with Crippen molar-refractivity contribution in [2.24, 2.45) is 0 Å². The Bertz CT molecular complexity index is 1120. The van der Waals surface area contributed by atoms with Crippen LogP contribution in [0.15, 0.2) is 78.6 Å². The Morgan fingerprint density at radius 3 is 2.33 bits per heavy atom. The van der Waals surface area contributed by atoms with Crippen molar-refractivity contribution in [3.05, 3.63) is 95.3 Å². The number of carbonyl (C=O) groups excluding carboxylic acids is 2. The van der Waals surface area contributed by atoms with E-state index in [9.17, 15) is 14.7 Å². The minimum absolute atomic E-state index is 0.0349. The smallest absolute Gasteiger partial charge is 0.300 e. The first-order chi connectivity index (χ1) is 14.5. The molecule has 0 saturated carbocycles. The molecule has 0 bridgehead atoms. The molecule has 1 fully saturated rings. The van der Waals surface area contributed by atoms with Gasteiger partial charge >= 0.3 is 0 Å². The van der Waals surface area contributed by atoms with Gasteiger partial charge in [-0.15, -0.1) is 0 Å². The molecule has 150 valence electrons. The van der Waals surface area contributed by atoms with Gasteiger partial charge in [0.2, 0.25) is 0 Å². The quantitative estimate of drug-likeness (QED) is 0.406. The summed E-state index contributed by atoms with van der Waals surface area (Å²) in [5.41, 5.74) is 2.68. The van der Waals surface area contributed by atoms with Crippen LogP contribution < -0.4 is 9.64 Å². The Labute approximate surface area is 174 Å². The van der Waals surface area contributed by atoms with Gasteiger partial charge in [-0.1, -0.05) is 35.9 Å². The number of hydrogen-bond acceptors (Lipinski definition) is 5. The predicted octanol–water partition coefficient (Wildman–Crippen LogP) is 4.02. The summed E-state index contributed by atoms with van der Waals surface area (Å²) >= 11 is 0. The Kier molecular flexibility index (Phi) is 5.06. The number of methoxy groups -OCH3 is 1. The fourth-order valence-electron chi connectivity index (χ4n) is 3.56. The average molecular weight is 400 g/mol. The van der Waals surface area contributed by atoms with Crippen LogP contribution in [0.25, 0.3) is 5.76 Å². The van der Waals surface area contributed by atoms with E-state index in [2.05, 4.69) is 4.98 Å². The SMILES string of the molecule is COc1ccc(N2C(=O)C(=O)C(=C(O)c3ccc(C)cc3)C2c2cccnc2)cc1. The fourth-order valence-corrected chi connectivity index (χ4v) is 3.56. The number of aromatic nitrogens is 1. The molecule has 2 aromatic carbocycles. The van der Waals surface area contributed by atoms with Gasteiger partial charge < -0.3 is 9.84 Å². The van der Waals surface area contributed by atoms with E-state index >= 15 is 0 Å². The van der Waals surface area contributed by atoms with E-state index in [1.165, 1.54) is 4.90 Å². The van der Waals surface area contributed by atoms with E-state index < -0.39 is 17.7 Å². The van der Waals surface area contributed by atoms with Gasteiger partial charge in [-0.05, 0) is 42.8 Å². The van der Waals surface area contributed by atoms with Crippen molar-refractivity contribution in [1.29, 1.82) is 0 Å². The molecule has 2 heterocycles. The standard InChI is InChI=1S/C24H20N2O4/c1-15-5-7-16(8-6-15)22(27)20-21(17-4-3-13-25-14-17)26(24(29)23(20)28)18-9-11-19(30-2)12-10-18/h3-14,21,27H,1-2H3. The zero-order valence-corrected chi connectivity index (χ0v) is 16.6. The molecule has 0 radical (unpaired) electrons. The average Bonchev–Trinajstić information content (AvgIpc) is 3.05. The molecule has 1 atom stereocenters. The van der Waals surface area contributed by atoms with Crippen LogP contribution >= 0.6 is 0 Å². The third-order valence-electron chi connectivity index (χ3n) is 5.12. The topological polar surface area (TPSA) is 79.7 Å². The number of ketones is 1. The van der Waals surface area contributed by atoms with Crippen molar-refractivity contribution in [3.8, 4) is 5.75 Å². The summed E-state index contributed by atoms with van der Waals surface area (Å²) in [5.74, 6) is -1.02. The molecule has 1 aliphatic heterocycles. The lowest BCUT2D eigenvalue weighted by Gasteiger charge is -2.25. The molecule has 3 aromatic rings. The van der Waals surface area contributed by atoms with E-state index in [0.717, 1.165) is 5.56 Å². The van der Waals surface area contributed by atoms with Gasteiger partial charge in [0.1, 0.15) is 11.5 Å². The van der Waals surface area contributed by atoms with Gasteiger partial charge in [-0.3, -0.25) is 19.5 Å². The molecule has 1 N–H and O–H groups in total. The van der Waals surface area contributed by atoms with Crippen LogP contribution in [-0.4, -0.2) is 28.9 Å². The van der Waals surface area contributed by atoms with Crippen LogP contribution in [0.1, 0.15) is 22.7 Å². The maximum absolute atomic E-state index is 13.0. The number of hydrogen-bond donors (Lipinski definition) is 1. The third kappa shape index (κ3) is 3.33. The van der Waals surface area contributed by atoms with E-state index in [-0.39, 0.29) is 11.3 Å². The Hall–Kier alpha value is -3.93. The van der Waals surface area contributed by atoms with Crippen LogP contribution in [0.5, 0.6) is 5.75 Å². The van der Waals surface area contributed by atoms with Gasteiger partial charge in [0, 0.05) is 23.6 Å². The van der Waals surface area contributed by atoms with Crippen molar-refractivity contribution < 1.29 is 19.4 Å². The summed E-state index contributed by atoms with van der Waals surface area (Å²) in [7, 11) is 1.55. The highest BCUT2D eigenvalue weighted by atomic mass is 16.5. The summed E-state index contributed by atoms with van der Waals surface area (Å²) < 4.78 is 5.19. The summed E-state index contributed by atoms with van der Waals surface area (Å²) in [4.78, 5) is 31.6. The van der Waals surface area contributed by atoms with Crippen LogP contribution in [0.2, 0.25) is 0 Å². The molecule has 1 aromatic heterocycles. The number of ether oxygens (including phenoxy) is 1. The van der Waals surface area contributed by atoms with Gasteiger partial charge in [-0.25, -0.2) is 0 Å². The number of nitrogens with zero attached hydrogens (tertiary/aromatic N) is 2. The first-order valence-electron chi connectivity index (χ1n) is 9.43. The molecule has 6 heteroatoms. The summed E-state index contributed by atoms with van der Waals surface area (Å²) in [6.07, 6.45) is 3.21. The normalized spacial score (nSPS) is 17.9. The Morgan fingerprint density at radius 1 is 1.03 bits per heavy atom. The zero-order chi connectivity index (χ0) is 21.3. The number of pyridine rings is 1. The highest BCUT2D eigenvalue weighted by Crippen LogP contribution is 2.42. The number of aryl methyl sites for hydroxylation is 1. The van der Waals surface area contributed by atoms with Crippen LogP contribution in [-0.2, 0) is 9.59 Å². The van der Waals surface area contributed by atoms with E-state index in [0.29, 0.717) is 22.6 Å². The maximum atomic E-state index is 13.0. The second-order valence-corrected chi connectivity index (χ2v) is 7.02. The van der Waals surface area contributed by atoms with E-state index in [4.69, 9.17) is 4.74 Å². The minimum atomic E-state index is -0.798. The molecule has 1 amide bonds. The van der Waals surface area contributed by atoms with Crippen molar-refractivity contribution in [2.75, 3.05) is 12.0 Å². The van der Waals surface area contributed by atoms with Crippen molar-refractivity contribution in [2.45, 2.75) is 13.0 Å². The number of anilines is 1. The number of carbonyl (C=O) groups is 2. The molecular weight excluding hydrogens is 380 g/mol. The molecule has 30 heavy (non-hydrogen) atoms. The predicted molar refractivity (Wildman–Crippen MR) is 113 cm³/mol. The second kappa shape index (κ2) is 7.83. The lowest BCUT2D eigenvalue weighted by atomic mass is 9.96. The van der Waals surface area contributed by atoms with Gasteiger partial charge in [0.15, 0.2) is 0 Å².